The van der Waals surface area contributed by atoms with Crippen molar-refractivity contribution in [1.29, 1.82) is 0 Å². The number of carbonyl (C=O) groups excluding carboxylic acids is 5. The minimum absolute atomic E-state index is 0.000678. The monoisotopic (exact) mass is 1090 g/mol. The van der Waals surface area contributed by atoms with E-state index in [1.54, 1.807) is 24.3 Å². The number of hydrogen-bond donors (Lipinski definition) is 5. The van der Waals surface area contributed by atoms with Crippen LogP contribution < -0.4 is 26.2 Å². The molecule has 75 heavy (non-hydrogen) atoms. The molecule has 5 N–H and O–H groups in total. The maximum atomic E-state index is 14.0. The van der Waals surface area contributed by atoms with Gasteiger partial charge in [0.2, 0.25) is 23.6 Å². The van der Waals surface area contributed by atoms with Crippen molar-refractivity contribution >= 4 is 86.3 Å². The lowest BCUT2D eigenvalue weighted by Crippen LogP contribution is -2.57. The number of anilines is 4. The third-order valence-electron chi connectivity index (χ3n) is 12.6. The van der Waals surface area contributed by atoms with E-state index in [-0.39, 0.29) is 82.4 Å². The zero-order chi connectivity index (χ0) is 53.6. The number of amides is 5. The highest BCUT2D eigenvalue weighted by Gasteiger charge is 2.44. The molecule has 23 heteroatoms. The number of para-hydroxylation sites is 1. The van der Waals surface area contributed by atoms with Gasteiger partial charge in [0, 0.05) is 58.2 Å². The molecule has 5 aromatic rings. The lowest BCUT2D eigenvalue weighted by atomic mass is 9.85. The quantitative estimate of drug-likeness (QED) is 0.0477. The van der Waals surface area contributed by atoms with E-state index in [2.05, 4.69) is 46.1 Å². The van der Waals surface area contributed by atoms with Gasteiger partial charge >= 0.3 is 0 Å². The number of rotatable bonds is 23. The highest BCUT2D eigenvalue weighted by Crippen LogP contribution is 2.31. The third-order valence-corrected chi connectivity index (χ3v) is 14.8. The van der Waals surface area contributed by atoms with E-state index in [4.69, 9.17) is 25.8 Å². The molecule has 3 aromatic heterocycles. The van der Waals surface area contributed by atoms with Gasteiger partial charge in [0.25, 0.3) is 5.91 Å². The van der Waals surface area contributed by atoms with Gasteiger partial charge in [-0.3, -0.25) is 24.0 Å². The van der Waals surface area contributed by atoms with Gasteiger partial charge in [-0.2, -0.15) is 0 Å². The van der Waals surface area contributed by atoms with Gasteiger partial charge in [-0.15, -0.1) is 11.3 Å². The molecule has 0 aliphatic carbocycles. The Bertz CT molecular complexity index is 2740. The number of likely N-dealkylation sites (tertiary alicyclic amines) is 1. The lowest BCUT2D eigenvalue weighted by Gasteiger charge is -2.35. The number of thiazole rings is 2. The number of nitrogens with zero attached hydrogens (tertiary/aromatic N) is 7. The summed E-state index contributed by atoms with van der Waals surface area (Å²) >= 11 is 9.05. The van der Waals surface area contributed by atoms with E-state index < -0.39 is 29.5 Å². The zero-order valence-corrected chi connectivity index (χ0v) is 45.5. The number of aromatic nitrogens is 4. The Morgan fingerprint density at radius 3 is 2.24 bits per heavy atom. The van der Waals surface area contributed by atoms with Crippen molar-refractivity contribution in [3.8, 4) is 10.4 Å². The number of piperazine rings is 1. The number of ether oxygens (including phenoxy) is 3. The average Bonchev–Trinajstić information content (AvgIpc) is 4.14. The summed E-state index contributed by atoms with van der Waals surface area (Å²) in [6, 6.07) is 13.3. The molecule has 2 fully saturated rings. The van der Waals surface area contributed by atoms with E-state index in [1.807, 2.05) is 87.5 Å². The minimum atomic E-state index is -0.947. The van der Waals surface area contributed by atoms with Crippen LogP contribution in [-0.2, 0) is 39.9 Å². The first-order valence-electron chi connectivity index (χ1n) is 24.9. The van der Waals surface area contributed by atoms with E-state index in [1.165, 1.54) is 22.4 Å². The molecule has 7 rings (SSSR count). The van der Waals surface area contributed by atoms with Crippen molar-refractivity contribution in [2.75, 3.05) is 87.9 Å². The van der Waals surface area contributed by atoms with Crippen molar-refractivity contribution in [3.63, 3.8) is 0 Å². The maximum absolute atomic E-state index is 14.0. The summed E-state index contributed by atoms with van der Waals surface area (Å²) in [6.45, 7) is 15.1. The lowest BCUT2D eigenvalue weighted by molar-refractivity contribution is -0.144. The van der Waals surface area contributed by atoms with Gasteiger partial charge in [0.1, 0.15) is 34.4 Å². The smallest absolute Gasteiger partial charge is 0.267 e. The Hall–Kier alpha value is -6.14. The maximum Gasteiger partial charge on any atom is 0.267 e. The molecule has 0 saturated carbocycles. The van der Waals surface area contributed by atoms with Crippen LogP contribution in [0.15, 0.2) is 60.2 Å². The van der Waals surface area contributed by atoms with Crippen LogP contribution in [0, 0.1) is 26.2 Å². The fraction of sp³-hybridized carbons (Fsp3) is 0.481. The SMILES string of the molecule is Cc1nc(Nc2ncc(C(=O)Nc3c(C)cccc3Cl)s2)cc(N2CCN(C(=O)CCOCCOCCOCCC(=O)N[C@H](C(=O)N3C[C@H](O)C[C@H]3C(=O)NCc3ccc(-c4scnc4C)cc3)C(C)(C)C)CC2)n1. The van der Waals surface area contributed by atoms with E-state index >= 15 is 0 Å². The number of carbonyl (C=O) groups is 5. The van der Waals surface area contributed by atoms with Gasteiger partial charge in [0.05, 0.1) is 85.2 Å². The summed E-state index contributed by atoms with van der Waals surface area (Å²) in [4.78, 5) is 91.1. The van der Waals surface area contributed by atoms with Crippen molar-refractivity contribution in [1.82, 2.24) is 40.4 Å². The Labute approximate surface area is 449 Å². The first-order chi connectivity index (χ1) is 35.9. The molecule has 2 saturated heterocycles. The molecular formula is C52H66ClN11O9S2. The van der Waals surface area contributed by atoms with Crippen LogP contribution in [0.5, 0.6) is 0 Å². The van der Waals surface area contributed by atoms with Crippen molar-refractivity contribution in [2.45, 2.75) is 85.5 Å². The number of halogens is 1. The molecule has 2 aliphatic rings. The number of aryl methyl sites for hydroxylation is 3. The van der Waals surface area contributed by atoms with Crippen LogP contribution in [0.25, 0.3) is 10.4 Å². The molecule has 2 aliphatic heterocycles. The Morgan fingerprint density at radius 2 is 1.57 bits per heavy atom. The molecule has 402 valence electrons. The van der Waals surface area contributed by atoms with E-state index in [0.717, 1.165) is 27.3 Å². The number of benzene rings is 2. The van der Waals surface area contributed by atoms with Crippen LogP contribution in [-0.4, -0.2) is 155 Å². The highest BCUT2D eigenvalue weighted by atomic mass is 35.5. The number of hydrogen-bond acceptors (Lipinski definition) is 17. The number of aliphatic hydroxyl groups excluding tert-OH is 1. The van der Waals surface area contributed by atoms with Gasteiger partial charge in [-0.1, -0.05) is 80.1 Å². The Morgan fingerprint density at radius 1 is 0.880 bits per heavy atom. The summed E-state index contributed by atoms with van der Waals surface area (Å²) in [6.07, 6.45) is 0.958. The second kappa shape index (κ2) is 26.6. The van der Waals surface area contributed by atoms with Gasteiger partial charge in [-0.05, 0) is 48.9 Å². The van der Waals surface area contributed by atoms with Gasteiger partial charge < -0.3 is 55.3 Å². The summed E-state index contributed by atoms with van der Waals surface area (Å²) < 4.78 is 16.9. The molecule has 0 spiro atoms. The first-order valence-corrected chi connectivity index (χ1v) is 27.0. The molecule has 0 radical (unpaired) electrons. The summed E-state index contributed by atoms with van der Waals surface area (Å²) in [5.41, 5.74) is 5.42. The molecular weight excluding hydrogens is 1020 g/mol. The predicted molar refractivity (Wildman–Crippen MR) is 288 cm³/mol. The van der Waals surface area contributed by atoms with Crippen LogP contribution in [0.3, 0.4) is 0 Å². The molecule has 2 aromatic carbocycles. The predicted octanol–water partition coefficient (Wildman–Crippen LogP) is 5.92. The zero-order valence-electron chi connectivity index (χ0n) is 43.2. The Balaban J connectivity index is 0.736. The van der Waals surface area contributed by atoms with Crippen molar-refractivity contribution in [2.24, 2.45) is 5.41 Å². The molecule has 0 unspecified atom stereocenters. The fourth-order valence-corrected chi connectivity index (χ4v) is 10.3. The molecule has 20 nitrogen and oxygen atoms in total. The Kier molecular flexibility index (Phi) is 20.0. The molecule has 0 bridgehead atoms. The second-order valence-corrected chi connectivity index (χ2v) is 21.6. The minimum Gasteiger partial charge on any atom is -0.391 e. The molecule has 3 atom stereocenters. The van der Waals surface area contributed by atoms with Gasteiger partial charge in [-0.25, -0.2) is 19.9 Å². The highest BCUT2D eigenvalue weighted by molar-refractivity contribution is 7.17. The van der Waals surface area contributed by atoms with E-state index in [0.29, 0.717) is 77.6 Å². The van der Waals surface area contributed by atoms with Crippen molar-refractivity contribution in [3.05, 3.63) is 92.8 Å². The second-order valence-electron chi connectivity index (χ2n) is 19.3. The average molecular weight is 1090 g/mol. The van der Waals surface area contributed by atoms with Crippen LogP contribution in [0.2, 0.25) is 5.02 Å². The van der Waals surface area contributed by atoms with Crippen LogP contribution in [0.1, 0.15) is 72.4 Å². The molecule has 5 amide bonds. The topological polar surface area (TPSA) is 243 Å². The fourth-order valence-electron chi connectivity index (χ4n) is 8.51. The van der Waals surface area contributed by atoms with Crippen LogP contribution in [0.4, 0.5) is 22.5 Å². The normalized spacial score (nSPS) is 16.2. The number of β-amino-alcohol motifs (C(OH)–C–C–N with tert-alkyl or cyclic N) is 1. The van der Waals surface area contributed by atoms with Gasteiger partial charge in [0.15, 0.2) is 5.13 Å². The largest absolute Gasteiger partial charge is 0.391 e. The van der Waals surface area contributed by atoms with Crippen LogP contribution >= 0.6 is 34.3 Å². The summed E-state index contributed by atoms with van der Waals surface area (Å²) in [7, 11) is 0. The first kappa shape index (κ1) is 56.6. The molecule has 5 heterocycles. The summed E-state index contributed by atoms with van der Waals surface area (Å²) in [5, 5.41) is 23.4. The number of nitrogens with one attached hydrogen (secondary N) is 4. The van der Waals surface area contributed by atoms with Crippen molar-refractivity contribution < 1.29 is 43.3 Å². The van der Waals surface area contributed by atoms with E-state index in [9.17, 15) is 29.1 Å². The third kappa shape index (κ3) is 15.9. The standard InChI is InChI=1S/C52H66ClN11O9S2/c1-32-8-7-9-38(53)45(32)61-49(69)40-29-55-51(75-40)59-41-27-42(58-34(3)57-41)62-16-18-63(19-17-62)44(67)15-21-72-23-25-73-24-22-71-20-14-43(66)60-47(52(4,5)6)50(70)64-30-37(65)26-39(64)48(68)54-28-35-10-12-36(13-11-35)46-33(2)56-31-74-46/h7-13,27,29,31,37,39,47,65H,14-26,28,30H2,1-6H3,(H,54,68)(H,60,66)(H,61,69)(H,55,57,58,59)/t37-,39+,47-/m1/s1. The summed E-state index contributed by atoms with van der Waals surface area (Å²) in [5.74, 6) is 0.304. The number of aliphatic hydroxyl groups is 1.